The second-order valence-corrected chi connectivity index (χ2v) is 8.50. The second kappa shape index (κ2) is 9.40. The Bertz CT molecular complexity index is 994. The van der Waals surface area contributed by atoms with Crippen LogP contribution in [-0.4, -0.2) is 95.3 Å². The van der Waals surface area contributed by atoms with Crippen molar-refractivity contribution >= 4 is 29.4 Å². The Morgan fingerprint density at radius 1 is 1.09 bits per heavy atom. The zero-order valence-corrected chi connectivity index (χ0v) is 18.8. The molecule has 2 fully saturated rings. The average molecular weight is 460 g/mol. The number of aliphatic hydroxyl groups is 1. The third-order valence-electron chi connectivity index (χ3n) is 5.94. The Hall–Kier alpha value is -2.75. The molecule has 32 heavy (non-hydrogen) atoms. The first-order chi connectivity index (χ1) is 15.4. The van der Waals surface area contributed by atoms with E-state index in [1.54, 1.807) is 37.3 Å². The van der Waals surface area contributed by atoms with E-state index < -0.39 is 12.1 Å². The Morgan fingerprint density at radius 3 is 2.44 bits per heavy atom. The lowest BCUT2D eigenvalue weighted by molar-refractivity contribution is 0.0376. The van der Waals surface area contributed by atoms with Crippen molar-refractivity contribution in [2.75, 3.05) is 51.3 Å². The van der Waals surface area contributed by atoms with E-state index in [1.165, 1.54) is 7.11 Å². The summed E-state index contributed by atoms with van der Waals surface area (Å²) >= 11 is 5.91. The minimum Gasteiger partial charge on any atom is -0.464 e. The standard InChI is InChI=1S/C22H26ClN5O4/c1-14-11-17(21(31)32-2)25-22(24-14)28-12-18(19(29)13-28)26-7-9-27(10-8-26)20(30)15-3-5-16(23)6-4-15/h3-6,11,18-19,29H,7-10,12-13H2,1-2H3. The third kappa shape index (κ3) is 4.69. The predicted octanol–water partition coefficient (Wildman–Crippen LogP) is 1.23. The molecule has 1 amide bonds. The van der Waals surface area contributed by atoms with E-state index in [2.05, 4.69) is 14.9 Å². The molecule has 0 aliphatic carbocycles. The Balaban J connectivity index is 1.39. The molecule has 4 rings (SSSR count). The highest BCUT2D eigenvalue weighted by Crippen LogP contribution is 2.23. The summed E-state index contributed by atoms with van der Waals surface area (Å²) in [5.41, 5.74) is 1.47. The normalized spacial score (nSPS) is 21.6. The number of piperazine rings is 1. The summed E-state index contributed by atoms with van der Waals surface area (Å²) in [6, 6.07) is 8.38. The van der Waals surface area contributed by atoms with Gasteiger partial charge in [-0.2, -0.15) is 0 Å². The Labute approximate surface area is 191 Å². The number of ether oxygens (including phenoxy) is 1. The van der Waals surface area contributed by atoms with E-state index in [9.17, 15) is 14.7 Å². The van der Waals surface area contributed by atoms with Crippen LogP contribution in [0, 0.1) is 6.92 Å². The van der Waals surface area contributed by atoms with Gasteiger partial charge in [0.05, 0.1) is 19.3 Å². The molecule has 0 bridgehead atoms. The second-order valence-electron chi connectivity index (χ2n) is 8.06. The van der Waals surface area contributed by atoms with E-state index in [-0.39, 0.29) is 17.6 Å². The van der Waals surface area contributed by atoms with Crippen LogP contribution in [0.3, 0.4) is 0 Å². The fourth-order valence-corrected chi connectivity index (χ4v) is 4.35. The number of β-amino-alcohol motifs (C(OH)–C–C–N with tert-alkyl or cyclic N) is 1. The highest BCUT2D eigenvalue weighted by molar-refractivity contribution is 6.30. The summed E-state index contributed by atoms with van der Waals surface area (Å²) in [7, 11) is 1.31. The number of anilines is 1. The van der Waals surface area contributed by atoms with Crippen molar-refractivity contribution in [1.82, 2.24) is 19.8 Å². The fraction of sp³-hybridized carbons (Fsp3) is 0.455. The first-order valence-electron chi connectivity index (χ1n) is 10.5. The number of aliphatic hydroxyl groups excluding tert-OH is 1. The number of benzene rings is 1. The lowest BCUT2D eigenvalue weighted by Gasteiger charge is -2.38. The summed E-state index contributed by atoms with van der Waals surface area (Å²) in [6.07, 6.45) is -0.584. The van der Waals surface area contributed by atoms with Crippen molar-refractivity contribution in [1.29, 1.82) is 0 Å². The molecule has 10 heteroatoms. The molecule has 2 aliphatic heterocycles. The van der Waals surface area contributed by atoms with Gasteiger partial charge >= 0.3 is 5.97 Å². The van der Waals surface area contributed by atoms with Crippen LogP contribution < -0.4 is 4.90 Å². The van der Waals surface area contributed by atoms with Gasteiger partial charge in [0.15, 0.2) is 5.69 Å². The number of aryl methyl sites for hydroxylation is 1. The molecule has 1 N–H and O–H groups in total. The number of hydrogen-bond acceptors (Lipinski definition) is 8. The molecule has 0 radical (unpaired) electrons. The summed E-state index contributed by atoms with van der Waals surface area (Å²) in [4.78, 5) is 39.3. The number of carbonyl (C=O) groups is 2. The molecule has 2 unspecified atom stereocenters. The first kappa shape index (κ1) is 22.4. The molecule has 2 aliphatic rings. The lowest BCUT2D eigenvalue weighted by Crippen LogP contribution is -2.54. The molecule has 2 saturated heterocycles. The van der Waals surface area contributed by atoms with Crippen LogP contribution in [0.2, 0.25) is 5.02 Å². The predicted molar refractivity (Wildman–Crippen MR) is 119 cm³/mol. The zero-order chi connectivity index (χ0) is 22.8. The van der Waals surface area contributed by atoms with Crippen molar-refractivity contribution in [3.8, 4) is 0 Å². The smallest absolute Gasteiger partial charge is 0.356 e. The maximum absolute atomic E-state index is 12.7. The van der Waals surface area contributed by atoms with Gasteiger partial charge in [0.1, 0.15) is 0 Å². The van der Waals surface area contributed by atoms with Crippen LogP contribution in [0.4, 0.5) is 5.95 Å². The van der Waals surface area contributed by atoms with Crippen molar-refractivity contribution in [3.63, 3.8) is 0 Å². The van der Waals surface area contributed by atoms with Gasteiger partial charge in [0, 0.05) is 55.5 Å². The molecule has 2 aromatic rings. The van der Waals surface area contributed by atoms with Gasteiger partial charge in [-0.15, -0.1) is 0 Å². The highest BCUT2D eigenvalue weighted by atomic mass is 35.5. The average Bonchev–Trinajstić information content (AvgIpc) is 3.20. The SMILES string of the molecule is COC(=O)c1cc(C)nc(N2CC(O)C(N3CCN(C(=O)c4ccc(Cl)cc4)CC3)C2)n1. The van der Waals surface area contributed by atoms with Gasteiger partial charge in [-0.1, -0.05) is 11.6 Å². The quantitative estimate of drug-likeness (QED) is 0.682. The van der Waals surface area contributed by atoms with E-state index >= 15 is 0 Å². The summed E-state index contributed by atoms with van der Waals surface area (Å²) in [6.45, 7) is 5.19. The molecule has 0 spiro atoms. The number of aromatic nitrogens is 2. The topological polar surface area (TPSA) is 99.1 Å². The summed E-state index contributed by atoms with van der Waals surface area (Å²) < 4.78 is 4.77. The molecular formula is C22H26ClN5O4. The van der Waals surface area contributed by atoms with Crippen LogP contribution in [-0.2, 0) is 4.74 Å². The van der Waals surface area contributed by atoms with Crippen LogP contribution >= 0.6 is 11.6 Å². The van der Waals surface area contributed by atoms with E-state index in [0.717, 1.165) is 0 Å². The van der Waals surface area contributed by atoms with Crippen molar-refractivity contribution in [2.24, 2.45) is 0 Å². The number of hydrogen-bond donors (Lipinski definition) is 1. The van der Waals surface area contributed by atoms with E-state index in [1.807, 2.05) is 9.80 Å². The van der Waals surface area contributed by atoms with Gasteiger partial charge in [-0.05, 0) is 37.3 Å². The van der Waals surface area contributed by atoms with Gasteiger partial charge in [0.25, 0.3) is 5.91 Å². The number of carbonyl (C=O) groups excluding carboxylic acids is 2. The van der Waals surface area contributed by atoms with Crippen molar-refractivity contribution in [2.45, 2.75) is 19.1 Å². The molecule has 2 atom stereocenters. The van der Waals surface area contributed by atoms with E-state index in [0.29, 0.717) is 61.5 Å². The van der Waals surface area contributed by atoms with Crippen molar-refractivity contribution in [3.05, 3.63) is 52.3 Å². The summed E-state index contributed by atoms with van der Waals surface area (Å²) in [5.74, 6) is -0.128. The molecule has 3 heterocycles. The largest absolute Gasteiger partial charge is 0.464 e. The number of amides is 1. The van der Waals surface area contributed by atoms with Gasteiger partial charge in [-0.25, -0.2) is 14.8 Å². The first-order valence-corrected chi connectivity index (χ1v) is 10.9. The minimum atomic E-state index is -0.584. The Morgan fingerprint density at radius 2 is 1.78 bits per heavy atom. The summed E-state index contributed by atoms with van der Waals surface area (Å²) in [5, 5.41) is 11.3. The van der Waals surface area contributed by atoms with Crippen LogP contribution in [0.25, 0.3) is 0 Å². The molecule has 0 saturated carbocycles. The maximum Gasteiger partial charge on any atom is 0.356 e. The highest BCUT2D eigenvalue weighted by Gasteiger charge is 2.38. The fourth-order valence-electron chi connectivity index (χ4n) is 4.23. The van der Waals surface area contributed by atoms with Gasteiger partial charge in [0.2, 0.25) is 5.95 Å². The molecular weight excluding hydrogens is 434 g/mol. The van der Waals surface area contributed by atoms with Crippen LogP contribution in [0.5, 0.6) is 0 Å². The maximum atomic E-state index is 12.7. The number of rotatable bonds is 4. The van der Waals surface area contributed by atoms with Crippen LogP contribution in [0.15, 0.2) is 30.3 Å². The number of methoxy groups -OCH3 is 1. The monoisotopic (exact) mass is 459 g/mol. The molecule has 1 aromatic heterocycles. The van der Waals surface area contributed by atoms with Crippen molar-refractivity contribution < 1.29 is 19.4 Å². The number of esters is 1. The van der Waals surface area contributed by atoms with Gasteiger partial charge < -0.3 is 19.6 Å². The molecule has 9 nitrogen and oxygen atoms in total. The number of nitrogens with zero attached hydrogens (tertiary/aromatic N) is 5. The molecule has 170 valence electrons. The third-order valence-corrected chi connectivity index (χ3v) is 6.19. The van der Waals surface area contributed by atoms with Gasteiger partial charge in [-0.3, -0.25) is 9.69 Å². The lowest BCUT2D eigenvalue weighted by atomic mass is 10.1. The minimum absolute atomic E-state index is 0.0154. The Kier molecular flexibility index (Phi) is 6.59. The molecule has 1 aromatic carbocycles. The van der Waals surface area contributed by atoms with Crippen LogP contribution in [0.1, 0.15) is 26.5 Å². The van der Waals surface area contributed by atoms with E-state index in [4.69, 9.17) is 16.3 Å². The number of halogens is 1. The zero-order valence-electron chi connectivity index (χ0n) is 18.1.